The summed E-state index contributed by atoms with van der Waals surface area (Å²) in [5.41, 5.74) is 3.05. The highest BCUT2D eigenvalue weighted by atomic mass is 16.5. The first kappa shape index (κ1) is 13.3. The van der Waals surface area contributed by atoms with Gasteiger partial charge in [-0.2, -0.15) is 0 Å². The van der Waals surface area contributed by atoms with Crippen molar-refractivity contribution in [2.24, 2.45) is 0 Å². The van der Waals surface area contributed by atoms with Gasteiger partial charge in [-0.25, -0.2) is 0 Å². The third-order valence-electron chi connectivity index (χ3n) is 2.77. The van der Waals surface area contributed by atoms with Gasteiger partial charge in [0.25, 0.3) is 0 Å². The summed E-state index contributed by atoms with van der Waals surface area (Å²) in [5.74, 6) is 0.790. The molecule has 0 radical (unpaired) electrons. The number of aromatic nitrogens is 1. The molecule has 0 aliphatic carbocycles. The Morgan fingerprint density at radius 1 is 1.05 bits per heavy atom. The van der Waals surface area contributed by atoms with Gasteiger partial charge in [0.2, 0.25) is 0 Å². The Morgan fingerprint density at radius 2 is 1.63 bits per heavy atom. The van der Waals surface area contributed by atoms with Crippen LogP contribution in [0.25, 0.3) is 0 Å². The summed E-state index contributed by atoms with van der Waals surface area (Å²) >= 11 is 0. The molecule has 0 aliphatic rings. The highest BCUT2D eigenvalue weighted by Gasteiger charge is 2.10. The maximum Gasteiger partial charge on any atom is 0.193 e. The van der Waals surface area contributed by atoms with Crippen LogP contribution in [-0.2, 0) is 0 Å². The molecule has 0 unspecified atom stereocenters. The standard InChI is InChI=1S/C16H17NO2/c1-4-19-15-7-5-13(6-8-15)16(18)14-9-11(2)17-12(3)10-14/h5-10H,4H2,1-3H3. The van der Waals surface area contributed by atoms with Crippen LogP contribution < -0.4 is 4.74 Å². The summed E-state index contributed by atoms with van der Waals surface area (Å²) < 4.78 is 5.36. The third kappa shape index (κ3) is 3.19. The van der Waals surface area contributed by atoms with E-state index in [0.29, 0.717) is 17.7 Å². The van der Waals surface area contributed by atoms with E-state index >= 15 is 0 Å². The van der Waals surface area contributed by atoms with Crippen molar-refractivity contribution in [2.75, 3.05) is 6.61 Å². The van der Waals surface area contributed by atoms with Crippen LogP contribution in [0.3, 0.4) is 0 Å². The lowest BCUT2D eigenvalue weighted by Crippen LogP contribution is -2.03. The summed E-state index contributed by atoms with van der Waals surface area (Å²) in [4.78, 5) is 16.6. The highest BCUT2D eigenvalue weighted by Crippen LogP contribution is 2.16. The van der Waals surface area contributed by atoms with Crippen LogP contribution in [0.1, 0.15) is 34.2 Å². The van der Waals surface area contributed by atoms with Gasteiger partial charge in [-0.3, -0.25) is 9.78 Å². The average molecular weight is 255 g/mol. The fourth-order valence-electron chi connectivity index (χ4n) is 2.00. The molecule has 1 heterocycles. The predicted molar refractivity (Wildman–Crippen MR) is 74.8 cm³/mol. The molecule has 0 spiro atoms. The molecule has 2 aromatic rings. The molecule has 0 saturated carbocycles. The number of hydrogen-bond acceptors (Lipinski definition) is 3. The number of aryl methyl sites for hydroxylation is 2. The van der Waals surface area contributed by atoms with Crippen molar-refractivity contribution in [2.45, 2.75) is 20.8 Å². The number of pyridine rings is 1. The summed E-state index contributed by atoms with van der Waals surface area (Å²) in [7, 11) is 0. The maximum absolute atomic E-state index is 12.4. The average Bonchev–Trinajstić information content (AvgIpc) is 2.38. The molecule has 3 heteroatoms. The van der Waals surface area contributed by atoms with E-state index in [4.69, 9.17) is 4.74 Å². The van der Waals surface area contributed by atoms with E-state index in [0.717, 1.165) is 17.1 Å². The molecule has 2 rings (SSSR count). The number of carbonyl (C=O) groups excluding carboxylic acids is 1. The quantitative estimate of drug-likeness (QED) is 0.787. The van der Waals surface area contributed by atoms with E-state index in [2.05, 4.69) is 4.98 Å². The number of ether oxygens (including phenoxy) is 1. The van der Waals surface area contributed by atoms with Gasteiger partial charge < -0.3 is 4.74 Å². The zero-order valence-electron chi connectivity index (χ0n) is 11.4. The minimum absolute atomic E-state index is 0.0108. The lowest BCUT2D eigenvalue weighted by atomic mass is 10.0. The Labute approximate surface area is 113 Å². The Balaban J connectivity index is 2.28. The summed E-state index contributed by atoms with van der Waals surface area (Å²) in [6, 6.07) is 10.8. The van der Waals surface area contributed by atoms with Gasteiger partial charge >= 0.3 is 0 Å². The molecule has 0 fully saturated rings. The molecule has 3 nitrogen and oxygen atoms in total. The van der Waals surface area contributed by atoms with Crippen LogP contribution >= 0.6 is 0 Å². The minimum Gasteiger partial charge on any atom is -0.494 e. The highest BCUT2D eigenvalue weighted by molar-refractivity contribution is 6.09. The van der Waals surface area contributed by atoms with Gasteiger partial charge in [-0.1, -0.05) is 0 Å². The smallest absolute Gasteiger partial charge is 0.193 e. The number of carbonyl (C=O) groups is 1. The van der Waals surface area contributed by atoms with Gasteiger partial charge in [-0.05, 0) is 57.2 Å². The third-order valence-corrected chi connectivity index (χ3v) is 2.77. The first-order chi connectivity index (χ1) is 9.10. The van der Waals surface area contributed by atoms with E-state index in [1.54, 1.807) is 12.1 Å². The van der Waals surface area contributed by atoms with Crippen molar-refractivity contribution in [3.05, 3.63) is 58.9 Å². The zero-order chi connectivity index (χ0) is 13.8. The van der Waals surface area contributed by atoms with Gasteiger partial charge in [0.05, 0.1) is 6.61 Å². The molecular formula is C16H17NO2. The van der Waals surface area contributed by atoms with Crippen LogP contribution in [0.15, 0.2) is 36.4 Å². The second-order valence-electron chi connectivity index (χ2n) is 4.43. The fraction of sp³-hybridized carbons (Fsp3) is 0.250. The molecule has 98 valence electrons. The Bertz CT molecular complexity index is 568. The topological polar surface area (TPSA) is 39.2 Å². The van der Waals surface area contributed by atoms with E-state index in [1.165, 1.54) is 0 Å². The predicted octanol–water partition coefficient (Wildman–Crippen LogP) is 3.33. The van der Waals surface area contributed by atoms with Crippen LogP contribution in [-0.4, -0.2) is 17.4 Å². The van der Waals surface area contributed by atoms with E-state index in [-0.39, 0.29) is 5.78 Å². The van der Waals surface area contributed by atoms with Crippen molar-refractivity contribution in [3.8, 4) is 5.75 Å². The SMILES string of the molecule is CCOc1ccc(C(=O)c2cc(C)nc(C)c2)cc1. The van der Waals surface area contributed by atoms with Crippen molar-refractivity contribution >= 4 is 5.78 Å². The molecule has 19 heavy (non-hydrogen) atoms. The molecule has 1 aromatic heterocycles. The molecule has 0 saturated heterocycles. The minimum atomic E-state index is 0.0108. The van der Waals surface area contributed by atoms with Gasteiger partial charge in [0.15, 0.2) is 5.78 Å². The normalized spacial score (nSPS) is 10.3. The molecule has 0 amide bonds. The van der Waals surface area contributed by atoms with Crippen LogP contribution in [0, 0.1) is 13.8 Å². The summed E-state index contributed by atoms with van der Waals surface area (Å²) in [6.45, 7) is 6.33. The lowest BCUT2D eigenvalue weighted by Gasteiger charge is -2.06. The molecule has 0 atom stereocenters. The van der Waals surface area contributed by atoms with E-state index in [1.807, 2.05) is 45.0 Å². The maximum atomic E-state index is 12.4. The van der Waals surface area contributed by atoms with Gasteiger partial charge in [-0.15, -0.1) is 0 Å². The largest absolute Gasteiger partial charge is 0.494 e. The molecule has 0 N–H and O–H groups in total. The van der Waals surface area contributed by atoms with Crippen molar-refractivity contribution in [1.29, 1.82) is 0 Å². The summed E-state index contributed by atoms with van der Waals surface area (Å²) in [6.07, 6.45) is 0. The Morgan fingerprint density at radius 3 is 2.16 bits per heavy atom. The van der Waals surface area contributed by atoms with Crippen molar-refractivity contribution in [3.63, 3.8) is 0 Å². The zero-order valence-corrected chi connectivity index (χ0v) is 11.4. The first-order valence-electron chi connectivity index (χ1n) is 6.33. The van der Waals surface area contributed by atoms with E-state index < -0.39 is 0 Å². The Kier molecular flexibility index (Phi) is 3.95. The number of nitrogens with zero attached hydrogens (tertiary/aromatic N) is 1. The first-order valence-corrected chi connectivity index (χ1v) is 6.33. The van der Waals surface area contributed by atoms with Crippen LogP contribution in [0.5, 0.6) is 5.75 Å². The molecular weight excluding hydrogens is 238 g/mol. The monoisotopic (exact) mass is 255 g/mol. The second kappa shape index (κ2) is 5.65. The van der Waals surface area contributed by atoms with Crippen molar-refractivity contribution < 1.29 is 9.53 Å². The summed E-state index contributed by atoms with van der Waals surface area (Å²) in [5, 5.41) is 0. The van der Waals surface area contributed by atoms with Crippen LogP contribution in [0.2, 0.25) is 0 Å². The molecule has 1 aromatic carbocycles. The number of ketones is 1. The number of rotatable bonds is 4. The number of benzene rings is 1. The molecule has 0 bridgehead atoms. The van der Waals surface area contributed by atoms with Gasteiger partial charge in [0.1, 0.15) is 5.75 Å². The van der Waals surface area contributed by atoms with Crippen LogP contribution in [0.4, 0.5) is 0 Å². The number of hydrogen-bond donors (Lipinski definition) is 0. The van der Waals surface area contributed by atoms with Crippen molar-refractivity contribution in [1.82, 2.24) is 4.98 Å². The molecule has 0 aliphatic heterocycles. The lowest BCUT2D eigenvalue weighted by molar-refractivity contribution is 0.103. The Hall–Kier alpha value is -2.16. The fourth-order valence-corrected chi connectivity index (χ4v) is 2.00. The van der Waals surface area contributed by atoms with Gasteiger partial charge in [0, 0.05) is 22.5 Å². The second-order valence-corrected chi connectivity index (χ2v) is 4.43. The van der Waals surface area contributed by atoms with E-state index in [9.17, 15) is 4.79 Å².